The third kappa shape index (κ3) is 2.83. The van der Waals surface area contributed by atoms with Gasteiger partial charge in [0.15, 0.2) is 0 Å². The lowest BCUT2D eigenvalue weighted by Crippen LogP contribution is -2.26. The number of phenols is 1. The Hall–Kier alpha value is -1.52. The second-order valence-electron chi connectivity index (χ2n) is 3.91. The van der Waals surface area contributed by atoms with E-state index in [2.05, 4.69) is 5.32 Å². The number of carbonyl (C=O) groups is 1. The van der Waals surface area contributed by atoms with Gasteiger partial charge in [0.1, 0.15) is 5.75 Å². The van der Waals surface area contributed by atoms with E-state index in [1.165, 1.54) is 12.1 Å². The highest BCUT2D eigenvalue weighted by Gasteiger charge is 2.15. The lowest BCUT2D eigenvalue weighted by molar-refractivity contribution is 0.0937. The molecular weight excluding hydrogens is 270 g/mol. The summed E-state index contributed by atoms with van der Waals surface area (Å²) in [6.45, 7) is 1.90. The molecule has 2 rings (SSSR count). The minimum absolute atomic E-state index is 0.0983. The number of hydrogen-bond acceptors (Lipinski definition) is 3. The smallest absolute Gasteiger partial charge is 0.255 e. The first kappa shape index (κ1) is 12.9. The number of thiophene rings is 1. The summed E-state index contributed by atoms with van der Waals surface area (Å²) >= 11 is 7.30. The van der Waals surface area contributed by atoms with E-state index in [1.54, 1.807) is 17.4 Å². The molecule has 1 amide bonds. The minimum atomic E-state index is -0.317. The van der Waals surface area contributed by atoms with Gasteiger partial charge in [-0.2, -0.15) is 11.3 Å². The van der Waals surface area contributed by atoms with Crippen molar-refractivity contribution in [2.24, 2.45) is 0 Å². The molecule has 0 aliphatic rings. The number of amides is 1. The molecule has 94 valence electrons. The largest absolute Gasteiger partial charge is 0.507 e. The number of carbonyl (C=O) groups excluding carboxylic acids is 1. The number of phenolic OH excluding ortho intramolecular Hbond substituents is 1. The monoisotopic (exact) mass is 281 g/mol. The van der Waals surface area contributed by atoms with Gasteiger partial charge in [0.2, 0.25) is 0 Å². The normalized spacial score (nSPS) is 12.1. The Balaban J connectivity index is 2.12. The fourth-order valence-electron chi connectivity index (χ4n) is 1.58. The van der Waals surface area contributed by atoms with Crippen LogP contribution in [-0.4, -0.2) is 11.0 Å². The summed E-state index contributed by atoms with van der Waals surface area (Å²) in [5.74, 6) is -0.430. The van der Waals surface area contributed by atoms with E-state index in [0.717, 1.165) is 5.56 Å². The van der Waals surface area contributed by atoms with Gasteiger partial charge in [0.25, 0.3) is 5.91 Å². The highest BCUT2D eigenvalue weighted by Crippen LogP contribution is 2.23. The van der Waals surface area contributed by atoms with Crippen molar-refractivity contribution in [1.29, 1.82) is 0 Å². The first-order chi connectivity index (χ1) is 8.58. The molecule has 3 nitrogen and oxygen atoms in total. The molecule has 0 saturated carbocycles. The zero-order valence-corrected chi connectivity index (χ0v) is 11.3. The van der Waals surface area contributed by atoms with E-state index >= 15 is 0 Å². The standard InChI is InChI=1S/C13H12ClNO2S/c1-8(9-4-5-18-7-9)15-13(17)11-3-2-10(14)6-12(11)16/h2-8,16H,1H3,(H,15,17). The number of nitrogens with one attached hydrogen (secondary N) is 1. The van der Waals surface area contributed by atoms with E-state index in [-0.39, 0.29) is 23.3 Å². The molecule has 1 heterocycles. The van der Waals surface area contributed by atoms with Crippen molar-refractivity contribution >= 4 is 28.8 Å². The van der Waals surface area contributed by atoms with Gasteiger partial charge >= 0.3 is 0 Å². The third-order valence-corrected chi connectivity index (χ3v) is 3.53. The molecule has 2 N–H and O–H groups in total. The molecule has 1 aromatic carbocycles. The Morgan fingerprint density at radius 3 is 2.83 bits per heavy atom. The van der Waals surface area contributed by atoms with Crippen LogP contribution in [0.1, 0.15) is 28.9 Å². The lowest BCUT2D eigenvalue weighted by atomic mass is 10.1. The Morgan fingerprint density at radius 2 is 2.22 bits per heavy atom. The summed E-state index contributed by atoms with van der Waals surface area (Å²) in [6.07, 6.45) is 0. The molecule has 1 aromatic heterocycles. The molecule has 0 aliphatic carbocycles. The molecule has 0 radical (unpaired) electrons. The molecule has 0 spiro atoms. The number of hydrogen-bond donors (Lipinski definition) is 2. The highest BCUT2D eigenvalue weighted by atomic mass is 35.5. The second-order valence-corrected chi connectivity index (χ2v) is 5.13. The van der Waals surface area contributed by atoms with Crippen LogP contribution in [0.2, 0.25) is 5.02 Å². The zero-order valence-electron chi connectivity index (χ0n) is 9.68. The zero-order chi connectivity index (χ0) is 13.1. The second kappa shape index (κ2) is 5.42. The van der Waals surface area contributed by atoms with Gasteiger partial charge in [0, 0.05) is 5.02 Å². The van der Waals surface area contributed by atoms with Gasteiger partial charge < -0.3 is 10.4 Å². The van der Waals surface area contributed by atoms with Crippen molar-refractivity contribution in [1.82, 2.24) is 5.32 Å². The van der Waals surface area contributed by atoms with Crippen molar-refractivity contribution in [2.75, 3.05) is 0 Å². The van der Waals surface area contributed by atoms with Crippen LogP contribution < -0.4 is 5.32 Å². The molecule has 0 fully saturated rings. The van der Waals surface area contributed by atoms with Crippen LogP contribution in [0.25, 0.3) is 0 Å². The van der Waals surface area contributed by atoms with Gasteiger partial charge in [-0.05, 0) is 47.5 Å². The Kier molecular flexibility index (Phi) is 3.89. The Morgan fingerprint density at radius 1 is 1.44 bits per heavy atom. The van der Waals surface area contributed by atoms with Crippen LogP contribution in [0, 0.1) is 0 Å². The van der Waals surface area contributed by atoms with E-state index in [4.69, 9.17) is 11.6 Å². The topological polar surface area (TPSA) is 49.3 Å². The molecule has 0 saturated heterocycles. The molecule has 0 aliphatic heterocycles. The first-order valence-corrected chi connectivity index (χ1v) is 6.71. The number of rotatable bonds is 3. The maximum absolute atomic E-state index is 12.0. The van der Waals surface area contributed by atoms with Crippen LogP contribution in [0.4, 0.5) is 0 Å². The van der Waals surface area contributed by atoms with Gasteiger partial charge in [-0.1, -0.05) is 11.6 Å². The van der Waals surface area contributed by atoms with E-state index < -0.39 is 0 Å². The molecule has 1 unspecified atom stereocenters. The summed E-state index contributed by atoms with van der Waals surface area (Å²) in [4.78, 5) is 12.0. The van der Waals surface area contributed by atoms with Gasteiger partial charge in [0.05, 0.1) is 11.6 Å². The van der Waals surface area contributed by atoms with Gasteiger partial charge in [-0.15, -0.1) is 0 Å². The van der Waals surface area contributed by atoms with Crippen molar-refractivity contribution in [2.45, 2.75) is 13.0 Å². The summed E-state index contributed by atoms with van der Waals surface area (Å²) in [6, 6.07) is 6.29. The van der Waals surface area contributed by atoms with Crippen LogP contribution in [0.3, 0.4) is 0 Å². The summed E-state index contributed by atoms with van der Waals surface area (Å²) in [5.41, 5.74) is 1.27. The van der Waals surface area contributed by atoms with Crippen molar-refractivity contribution in [3.8, 4) is 5.75 Å². The van der Waals surface area contributed by atoms with Crippen molar-refractivity contribution in [3.63, 3.8) is 0 Å². The van der Waals surface area contributed by atoms with E-state index in [1.807, 2.05) is 23.8 Å². The number of aromatic hydroxyl groups is 1. The fraction of sp³-hybridized carbons (Fsp3) is 0.154. The fourth-order valence-corrected chi connectivity index (χ4v) is 2.50. The average Bonchev–Trinajstić information content (AvgIpc) is 2.81. The summed E-state index contributed by atoms with van der Waals surface area (Å²) in [7, 11) is 0. The van der Waals surface area contributed by atoms with Crippen LogP contribution in [-0.2, 0) is 0 Å². The van der Waals surface area contributed by atoms with Gasteiger partial charge in [-0.3, -0.25) is 4.79 Å². The molecule has 5 heteroatoms. The molecule has 1 atom stereocenters. The predicted molar refractivity (Wildman–Crippen MR) is 73.3 cm³/mol. The maximum Gasteiger partial charge on any atom is 0.255 e. The van der Waals surface area contributed by atoms with Crippen molar-refractivity contribution in [3.05, 3.63) is 51.2 Å². The third-order valence-electron chi connectivity index (χ3n) is 2.60. The van der Waals surface area contributed by atoms with Crippen LogP contribution in [0.15, 0.2) is 35.0 Å². The Bertz CT molecular complexity index is 554. The number of benzene rings is 1. The lowest BCUT2D eigenvalue weighted by Gasteiger charge is -2.13. The molecule has 18 heavy (non-hydrogen) atoms. The number of halogens is 1. The van der Waals surface area contributed by atoms with E-state index in [0.29, 0.717) is 5.02 Å². The quantitative estimate of drug-likeness (QED) is 0.903. The van der Waals surface area contributed by atoms with Crippen LogP contribution >= 0.6 is 22.9 Å². The predicted octanol–water partition coefficient (Wildman–Crippen LogP) is 3.60. The first-order valence-electron chi connectivity index (χ1n) is 5.39. The van der Waals surface area contributed by atoms with Crippen molar-refractivity contribution < 1.29 is 9.90 Å². The van der Waals surface area contributed by atoms with E-state index in [9.17, 15) is 9.90 Å². The van der Waals surface area contributed by atoms with Gasteiger partial charge in [-0.25, -0.2) is 0 Å². The summed E-state index contributed by atoms with van der Waals surface area (Å²) in [5, 5.41) is 16.8. The molecule has 0 bridgehead atoms. The molecule has 2 aromatic rings. The SMILES string of the molecule is CC(NC(=O)c1ccc(Cl)cc1O)c1ccsc1. The summed E-state index contributed by atoms with van der Waals surface area (Å²) < 4.78 is 0. The highest BCUT2D eigenvalue weighted by molar-refractivity contribution is 7.07. The average molecular weight is 282 g/mol. The minimum Gasteiger partial charge on any atom is -0.507 e. The maximum atomic E-state index is 12.0. The Labute approximate surface area is 114 Å². The molecular formula is C13H12ClNO2S. The van der Waals surface area contributed by atoms with Crippen LogP contribution in [0.5, 0.6) is 5.75 Å².